The van der Waals surface area contributed by atoms with Crippen LogP contribution in [-0.2, 0) is 25.6 Å². The molecule has 1 N–H and O–H groups in total. The van der Waals surface area contributed by atoms with Crippen LogP contribution in [0.4, 0.5) is 0 Å². The van der Waals surface area contributed by atoms with Gasteiger partial charge in [0, 0.05) is 37.3 Å². The molecule has 0 unspecified atom stereocenters. The normalized spacial score (nSPS) is 21.6. The topological polar surface area (TPSA) is 89.9 Å². The minimum atomic E-state index is -0.897. The summed E-state index contributed by atoms with van der Waals surface area (Å²) in [5.74, 6) is -0.599. The fourth-order valence-electron chi connectivity index (χ4n) is 3.89. The first-order chi connectivity index (χ1) is 12.9. The van der Waals surface area contributed by atoms with Crippen molar-refractivity contribution in [3.63, 3.8) is 0 Å². The van der Waals surface area contributed by atoms with E-state index in [1.54, 1.807) is 12.1 Å². The number of likely N-dealkylation sites (tertiary alicyclic amines) is 1. The van der Waals surface area contributed by atoms with Gasteiger partial charge in [-0.25, -0.2) is 4.79 Å². The van der Waals surface area contributed by atoms with E-state index in [1.165, 1.54) is 14.2 Å². The largest absolute Gasteiger partial charge is 0.469 e. The van der Waals surface area contributed by atoms with Crippen LogP contribution in [0.3, 0.4) is 0 Å². The third-order valence-electron chi connectivity index (χ3n) is 5.15. The number of methoxy groups -OCH3 is 2. The number of aromatic nitrogens is 1. The van der Waals surface area contributed by atoms with Gasteiger partial charge < -0.3 is 24.3 Å². The third kappa shape index (κ3) is 4.13. The summed E-state index contributed by atoms with van der Waals surface area (Å²) in [6.45, 7) is 2.00. The molecule has 1 aromatic heterocycles. The van der Waals surface area contributed by atoms with Crippen LogP contribution in [0.25, 0.3) is 0 Å². The molecule has 8 nitrogen and oxygen atoms in total. The second-order valence-electron chi connectivity index (χ2n) is 6.91. The van der Waals surface area contributed by atoms with Crippen molar-refractivity contribution in [1.82, 2.24) is 14.8 Å². The van der Waals surface area contributed by atoms with Gasteiger partial charge in [0.05, 0.1) is 20.6 Å². The zero-order valence-electron chi connectivity index (χ0n) is 15.3. The molecule has 3 atom stereocenters. The van der Waals surface area contributed by atoms with Crippen molar-refractivity contribution in [1.29, 1.82) is 0 Å². The van der Waals surface area contributed by atoms with E-state index in [9.17, 15) is 14.4 Å². The lowest BCUT2D eigenvalue weighted by molar-refractivity contribution is -0.149. The molecular weight excluding hydrogens is 370 g/mol. The van der Waals surface area contributed by atoms with Gasteiger partial charge in [-0.15, -0.1) is 0 Å². The first kappa shape index (κ1) is 19.3. The highest BCUT2D eigenvalue weighted by Crippen LogP contribution is 2.34. The van der Waals surface area contributed by atoms with Crippen molar-refractivity contribution in [2.45, 2.75) is 31.3 Å². The number of ether oxygens (including phenoxy) is 2. The minimum Gasteiger partial charge on any atom is -0.469 e. The van der Waals surface area contributed by atoms with E-state index in [4.69, 9.17) is 17.0 Å². The van der Waals surface area contributed by atoms with Crippen LogP contribution in [0.5, 0.6) is 0 Å². The van der Waals surface area contributed by atoms with Crippen LogP contribution >= 0.6 is 12.2 Å². The molecule has 0 spiro atoms. The lowest BCUT2D eigenvalue weighted by Gasteiger charge is -2.44. The Morgan fingerprint density at radius 3 is 2.74 bits per heavy atom. The maximum atomic E-state index is 12.1. The number of rotatable bonds is 4. The fourth-order valence-corrected chi connectivity index (χ4v) is 4.18. The highest BCUT2D eigenvalue weighted by Gasteiger charge is 2.36. The van der Waals surface area contributed by atoms with E-state index in [0.717, 1.165) is 12.1 Å². The van der Waals surface area contributed by atoms with Crippen LogP contribution in [0.1, 0.15) is 24.5 Å². The highest BCUT2D eigenvalue weighted by atomic mass is 32.1. The number of hydrogen-bond acceptors (Lipinski definition) is 6. The van der Waals surface area contributed by atoms with Gasteiger partial charge in [-0.1, -0.05) is 6.07 Å². The second-order valence-corrected chi connectivity index (χ2v) is 7.30. The number of hydrogen-bond donors (Lipinski definition) is 1. The van der Waals surface area contributed by atoms with Gasteiger partial charge in [-0.2, -0.15) is 0 Å². The number of esters is 2. The molecule has 0 radical (unpaired) electrons. The van der Waals surface area contributed by atoms with E-state index < -0.39 is 18.0 Å². The van der Waals surface area contributed by atoms with Gasteiger partial charge in [0.25, 0.3) is 5.56 Å². The number of nitrogens with one attached hydrogen (secondary N) is 1. The molecule has 9 heteroatoms. The summed E-state index contributed by atoms with van der Waals surface area (Å²) in [4.78, 5) is 37.7. The summed E-state index contributed by atoms with van der Waals surface area (Å²) < 4.78 is 11.2. The first-order valence-electron chi connectivity index (χ1n) is 8.82. The van der Waals surface area contributed by atoms with E-state index in [-0.39, 0.29) is 17.9 Å². The number of pyridine rings is 1. The Morgan fingerprint density at radius 2 is 2.04 bits per heavy atom. The van der Waals surface area contributed by atoms with Crippen LogP contribution in [0.2, 0.25) is 0 Å². The summed E-state index contributed by atoms with van der Waals surface area (Å²) in [5.41, 5.74) is 1.05. The number of nitrogens with zero attached hydrogens (tertiary/aromatic N) is 2. The van der Waals surface area contributed by atoms with Crippen LogP contribution in [0, 0.1) is 5.92 Å². The van der Waals surface area contributed by atoms with Crippen molar-refractivity contribution >= 4 is 29.3 Å². The molecule has 1 fully saturated rings. The number of thiocarbonyl (C=S) groups is 1. The van der Waals surface area contributed by atoms with Gasteiger partial charge in [0.1, 0.15) is 6.04 Å². The highest BCUT2D eigenvalue weighted by molar-refractivity contribution is 7.80. The molecular formula is C18H23N3O5S. The van der Waals surface area contributed by atoms with Crippen LogP contribution < -0.4 is 10.9 Å². The molecule has 2 aliphatic rings. The molecule has 1 aromatic rings. The molecule has 2 bridgehead atoms. The molecule has 1 saturated heterocycles. The molecule has 2 aliphatic heterocycles. The minimum absolute atomic E-state index is 0.0279. The predicted molar refractivity (Wildman–Crippen MR) is 101 cm³/mol. The second kappa shape index (κ2) is 8.08. The van der Waals surface area contributed by atoms with E-state index in [0.29, 0.717) is 30.7 Å². The zero-order valence-corrected chi connectivity index (χ0v) is 16.2. The Bertz CT molecular complexity index is 808. The Labute approximate surface area is 162 Å². The zero-order chi connectivity index (χ0) is 19.6. The van der Waals surface area contributed by atoms with Gasteiger partial charge in [0.15, 0.2) is 5.11 Å². The van der Waals surface area contributed by atoms with Crippen molar-refractivity contribution in [2.75, 3.05) is 27.3 Å². The number of piperidine rings is 1. The van der Waals surface area contributed by atoms with Crippen molar-refractivity contribution in [3.8, 4) is 0 Å². The Kier molecular flexibility index (Phi) is 5.79. The lowest BCUT2D eigenvalue weighted by atomic mass is 9.83. The average Bonchev–Trinajstić information content (AvgIpc) is 2.67. The smallest absolute Gasteiger partial charge is 0.328 e. The maximum Gasteiger partial charge on any atom is 0.328 e. The van der Waals surface area contributed by atoms with Gasteiger partial charge in [-0.05, 0) is 30.6 Å². The molecule has 0 aromatic carbocycles. The van der Waals surface area contributed by atoms with E-state index in [2.05, 4.69) is 10.1 Å². The van der Waals surface area contributed by atoms with E-state index >= 15 is 0 Å². The number of carbonyl (C=O) groups is 2. The number of fused-ring (bicyclic) bond motifs is 4. The standard InChI is InChI=1S/C18H23N3O5S/c1-25-16(23)7-13(17(24)26-2)19-18(27)20-8-11-6-12(10-20)14-4-3-5-15(22)21(14)9-11/h3-5,11-13H,6-10H2,1-2H3,(H,19,27)/t11-,12-,13-/m1/s1. The quantitative estimate of drug-likeness (QED) is 0.575. The first-order valence-corrected chi connectivity index (χ1v) is 9.23. The maximum absolute atomic E-state index is 12.1. The van der Waals surface area contributed by atoms with Gasteiger partial charge >= 0.3 is 11.9 Å². The molecule has 3 heterocycles. The predicted octanol–water partition coefficient (Wildman–Crippen LogP) is 0.247. The van der Waals surface area contributed by atoms with Gasteiger partial charge in [0.2, 0.25) is 0 Å². The van der Waals surface area contributed by atoms with Crippen molar-refractivity contribution in [3.05, 3.63) is 34.2 Å². The van der Waals surface area contributed by atoms with Crippen molar-refractivity contribution < 1.29 is 19.1 Å². The van der Waals surface area contributed by atoms with Crippen LogP contribution in [0.15, 0.2) is 23.0 Å². The molecule has 146 valence electrons. The Balaban J connectivity index is 1.72. The third-order valence-corrected chi connectivity index (χ3v) is 5.52. The summed E-state index contributed by atoms with van der Waals surface area (Å²) in [7, 11) is 2.53. The molecule has 0 amide bonds. The summed E-state index contributed by atoms with van der Waals surface area (Å²) in [6, 6.07) is 4.46. The van der Waals surface area contributed by atoms with E-state index in [1.807, 2.05) is 15.5 Å². The summed E-state index contributed by atoms with van der Waals surface area (Å²) >= 11 is 5.50. The molecule has 0 saturated carbocycles. The van der Waals surface area contributed by atoms with Crippen LogP contribution in [-0.4, -0.2) is 59.9 Å². The molecule has 27 heavy (non-hydrogen) atoms. The molecule has 3 rings (SSSR count). The Hall–Kier alpha value is -2.42. The summed E-state index contributed by atoms with van der Waals surface area (Å²) in [5, 5.41) is 3.34. The monoisotopic (exact) mass is 393 g/mol. The average molecular weight is 393 g/mol. The SMILES string of the molecule is COC(=O)C[C@@H](NC(=S)N1C[C@H]2C[C@H](C1)c1cccc(=O)n1C2)C(=O)OC. The molecule has 0 aliphatic carbocycles. The number of carbonyl (C=O) groups excluding carboxylic acids is 2. The Morgan fingerprint density at radius 1 is 1.26 bits per heavy atom. The summed E-state index contributed by atoms with van der Waals surface area (Å²) in [6.07, 6.45) is 0.841. The fraction of sp³-hybridized carbons (Fsp3) is 0.556. The lowest BCUT2D eigenvalue weighted by Crippen LogP contribution is -2.55. The van der Waals surface area contributed by atoms with Crippen molar-refractivity contribution in [2.24, 2.45) is 5.92 Å². The van der Waals surface area contributed by atoms with Gasteiger partial charge in [-0.3, -0.25) is 9.59 Å².